The summed E-state index contributed by atoms with van der Waals surface area (Å²) in [6.45, 7) is 6.77. The van der Waals surface area contributed by atoms with Crippen molar-refractivity contribution < 1.29 is 8.42 Å². The van der Waals surface area contributed by atoms with Crippen LogP contribution in [0.4, 0.5) is 5.69 Å². The summed E-state index contributed by atoms with van der Waals surface area (Å²) < 4.78 is 30.4. The highest BCUT2D eigenvalue weighted by atomic mass is 32.2. The van der Waals surface area contributed by atoms with Crippen LogP contribution in [0.2, 0.25) is 0 Å². The largest absolute Gasteiger partial charge is 0.326 e. The molecule has 0 fully saturated rings. The molecule has 8 heteroatoms. The number of nitrogens with zero attached hydrogens (tertiary/aromatic N) is 3. The van der Waals surface area contributed by atoms with Gasteiger partial charge in [-0.3, -0.25) is 13.9 Å². The van der Waals surface area contributed by atoms with Gasteiger partial charge in [-0.1, -0.05) is 32.9 Å². The molecular formula is C25H28N4O3S. The Morgan fingerprint density at radius 2 is 1.70 bits per heavy atom. The summed E-state index contributed by atoms with van der Waals surface area (Å²) in [5, 5.41) is 0. The van der Waals surface area contributed by atoms with Crippen LogP contribution in [0.1, 0.15) is 31.9 Å². The van der Waals surface area contributed by atoms with Crippen LogP contribution in [0.15, 0.2) is 76.7 Å². The van der Waals surface area contributed by atoms with Gasteiger partial charge in [-0.05, 0) is 65.9 Å². The lowest BCUT2D eigenvalue weighted by atomic mass is 10.1. The predicted molar refractivity (Wildman–Crippen MR) is 131 cm³/mol. The first-order chi connectivity index (χ1) is 15.8. The average Bonchev–Trinajstić information content (AvgIpc) is 3.12. The molecule has 0 aliphatic rings. The second-order valence-corrected chi connectivity index (χ2v) is 10.4. The van der Waals surface area contributed by atoms with Gasteiger partial charge in [0.05, 0.1) is 28.2 Å². The van der Waals surface area contributed by atoms with E-state index in [4.69, 9.17) is 0 Å². The topological polar surface area (TPSA) is 88.1 Å². The molecule has 0 saturated carbocycles. The first-order valence-corrected chi connectivity index (χ1v) is 12.5. The molecule has 4 aromatic rings. The van der Waals surface area contributed by atoms with E-state index < -0.39 is 10.0 Å². The fourth-order valence-corrected chi connectivity index (χ4v) is 5.48. The maximum atomic E-state index is 13.7. The van der Waals surface area contributed by atoms with Crippen molar-refractivity contribution in [3.05, 3.63) is 88.6 Å². The summed E-state index contributed by atoms with van der Waals surface area (Å²) in [5.41, 5.74) is 3.56. The zero-order chi connectivity index (χ0) is 23.6. The average molecular weight is 465 g/mol. The van der Waals surface area contributed by atoms with Crippen molar-refractivity contribution >= 4 is 26.7 Å². The van der Waals surface area contributed by atoms with Gasteiger partial charge in [0.15, 0.2) is 0 Å². The Morgan fingerprint density at radius 3 is 2.33 bits per heavy atom. The summed E-state index contributed by atoms with van der Waals surface area (Å²) in [4.78, 5) is 19.5. The molecule has 7 nitrogen and oxygen atoms in total. The number of sulfonamides is 1. The number of nitrogens with one attached hydrogen (secondary N) is 1. The van der Waals surface area contributed by atoms with Crippen LogP contribution in [0.5, 0.6) is 0 Å². The van der Waals surface area contributed by atoms with Crippen LogP contribution < -0.4 is 9.99 Å². The zero-order valence-electron chi connectivity index (χ0n) is 19.0. The van der Waals surface area contributed by atoms with Gasteiger partial charge in [0.1, 0.15) is 0 Å². The van der Waals surface area contributed by atoms with Crippen molar-refractivity contribution in [3.8, 4) is 0 Å². The molecule has 0 aliphatic carbocycles. The number of fused-ring (bicyclic) bond motifs is 1. The first kappa shape index (κ1) is 22.8. The Kier molecular flexibility index (Phi) is 6.37. The van der Waals surface area contributed by atoms with Gasteiger partial charge in [-0.25, -0.2) is 13.2 Å². The van der Waals surface area contributed by atoms with E-state index in [9.17, 15) is 13.2 Å². The van der Waals surface area contributed by atoms with Crippen LogP contribution in [-0.2, 0) is 23.0 Å². The standard InChI is InChI=1S/C25H28N4O3S/c1-4-19-5-7-21(8-6-19)29(16-18(2)3)33(31,32)22-9-10-24-23(15-22)27-25(30)28(24)17-20-11-13-26-14-12-20/h5-15,18H,4,16-17H2,1-3H3,(H,27,30). The Morgan fingerprint density at radius 1 is 1.00 bits per heavy atom. The third kappa shape index (κ3) is 4.71. The monoisotopic (exact) mass is 464 g/mol. The Bertz CT molecular complexity index is 1410. The third-order valence-electron chi connectivity index (χ3n) is 5.59. The lowest BCUT2D eigenvalue weighted by Crippen LogP contribution is -2.34. The zero-order valence-corrected chi connectivity index (χ0v) is 19.8. The van der Waals surface area contributed by atoms with Crippen molar-refractivity contribution in [1.82, 2.24) is 14.5 Å². The SMILES string of the molecule is CCc1ccc(N(CC(C)C)S(=O)(=O)c2ccc3c(c2)[nH]c(=O)n3Cc2ccncc2)cc1. The molecule has 0 atom stereocenters. The minimum Gasteiger partial charge on any atom is -0.305 e. The normalized spacial score (nSPS) is 11.9. The molecular weight excluding hydrogens is 436 g/mol. The lowest BCUT2D eigenvalue weighted by Gasteiger charge is -2.26. The number of aromatic amines is 1. The molecule has 4 rings (SSSR count). The van der Waals surface area contributed by atoms with E-state index in [1.165, 1.54) is 4.31 Å². The third-order valence-corrected chi connectivity index (χ3v) is 7.38. The highest BCUT2D eigenvalue weighted by Gasteiger charge is 2.26. The van der Waals surface area contributed by atoms with Gasteiger partial charge >= 0.3 is 5.69 Å². The number of hydrogen-bond acceptors (Lipinski definition) is 4. The number of benzene rings is 2. The molecule has 2 heterocycles. The van der Waals surface area contributed by atoms with Crippen molar-refractivity contribution in [3.63, 3.8) is 0 Å². The Hall–Kier alpha value is -3.39. The van der Waals surface area contributed by atoms with Crippen LogP contribution in [-0.4, -0.2) is 29.5 Å². The molecule has 33 heavy (non-hydrogen) atoms. The number of aromatic nitrogens is 3. The summed E-state index contributed by atoms with van der Waals surface area (Å²) >= 11 is 0. The van der Waals surface area contributed by atoms with Crippen LogP contribution in [0, 0.1) is 5.92 Å². The summed E-state index contributed by atoms with van der Waals surface area (Å²) in [5.74, 6) is 0.135. The summed E-state index contributed by atoms with van der Waals surface area (Å²) in [7, 11) is -3.83. The van der Waals surface area contributed by atoms with Crippen LogP contribution in [0.25, 0.3) is 11.0 Å². The van der Waals surface area contributed by atoms with Gasteiger partial charge in [-0.2, -0.15) is 0 Å². The highest BCUT2D eigenvalue weighted by Crippen LogP contribution is 2.27. The molecule has 2 aromatic heterocycles. The molecule has 172 valence electrons. The van der Waals surface area contributed by atoms with Crippen molar-refractivity contribution in [2.45, 2.75) is 38.6 Å². The minimum absolute atomic E-state index is 0.135. The molecule has 2 aromatic carbocycles. The Balaban J connectivity index is 1.74. The van der Waals surface area contributed by atoms with E-state index in [2.05, 4.69) is 16.9 Å². The predicted octanol–water partition coefficient (Wildman–Crippen LogP) is 4.19. The number of anilines is 1. The number of pyridine rings is 1. The van der Waals surface area contributed by atoms with Crippen LogP contribution >= 0.6 is 0 Å². The van der Waals surface area contributed by atoms with Gasteiger partial charge in [0.2, 0.25) is 0 Å². The summed E-state index contributed by atoms with van der Waals surface area (Å²) in [6, 6.07) is 16.1. The maximum absolute atomic E-state index is 13.7. The summed E-state index contributed by atoms with van der Waals surface area (Å²) in [6.07, 6.45) is 4.24. The molecule has 0 bridgehead atoms. The van der Waals surface area contributed by atoms with E-state index in [1.807, 2.05) is 50.2 Å². The van der Waals surface area contributed by atoms with Gasteiger partial charge in [-0.15, -0.1) is 0 Å². The quantitative estimate of drug-likeness (QED) is 0.424. The van der Waals surface area contributed by atoms with Crippen LogP contribution in [0.3, 0.4) is 0 Å². The number of imidazole rings is 1. The molecule has 0 spiro atoms. The second-order valence-electron chi connectivity index (χ2n) is 8.50. The molecule has 0 amide bonds. The van der Waals surface area contributed by atoms with Crippen molar-refractivity contribution in [1.29, 1.82) is 0 Å². The maximum Gasteiger partial charge on any atom is 0.326 e. The minimum atomic E-state index is -3.83. The Labute approximate surface area is 193 Å². The molecule has 0 aliphatic heterocycles. The number of aryl methyl sites for hydroxylation is 1. The second kappa shape index (κ2) is 9.23. The highest BCUT2D eigenvalue weighted by molar-refractivity contribution is 7.92. The van der Waals surface area contributed by atoms with Gasteiger partial charge in [0, 0.05) is 18.9 Å². The van der Waals surface area contributed by atoms with Gasteiger partial charge < -0.3 is 4.98 Å². The molecule has 0 radical (unpaired) electrons. The molecule has 1 N–H and O–H groups in total. The van der Waals surface area contributed by atoms with E-state index in [0.717, 1.165) is 17.5 Å². The number of hydrogen-bond donors (Lipinski definition) is 1. The van der Waals surface area contributed by atoms with E-state index in [0.29, 0.717) is 29.8 Å². The lowest BCUT2D eigenvalue weighted by molar-refractivity contribution is 0.578. The fraction of sp³-hybridized carbons (Fsp3) is 0.280. The van der Waals surface area contributed by atoms with E-state index in [-0.39, 0.29) is 16.5 Å². The molecule has 0 unspecified atom stereocenters. The van der Waals surface area contributed by atoms with E-state index >= 15 is 0 Å². The van der Waals surface area contributed by atoms with Gasteiger partial charge in [0.25, 0.3) is 10.0 Å². The number of H-pyrrole nitrogens is 1. The first-order valence-electron chi connectivity index (χ1n) is 11.0. The van der Waals surface area contributed by atoms with Crippen molar-refractivity contribution in [2.24, 2.45) is 5.92 Å². The van der Waals surface area contributed by atoms with Crippen molar-refractivity contribution in [2.75, 3.05) is 10.8 Å². The fourth-order valence-electron chi connectivity index (χ4n) is 3.83. The van der Waals surface area contributed by atoms with E-state index in [1.54, 1.807) is 35.2 Å². The molecule has 0 saturated heterocycles. The smallest absolute Gasteiger partial charge is 0.305 e. The number of rotatable bonds is 8.